The minimum Gasteiger partial charge on any atom is -0.455 e. The molecule has 0 unspecified atom stereocenters. The van der Waals surface area contributed by atoms with E-state index >= 15 is 0 Å². The van der Waals surface area contributed by atoms with Gasteiger partial charge in [0.1, 0.15) is 5.75 Å². The second-order valence-corrected chi connectivity index (χ2v) is 4.61. The fourth-order valence-corrected chi connectivity index (χ4v) is 1.85. The van der Waals surface area contributed by atoms with Gasteiger partial charge in [-0.2, -0.15) is 0 Å². The lowest BCUT2D eigenvalue weighted by molar-refractivity contribution is -0.119. The Morgan fingerprint density at radius 3 is 2.55 bits per heavy atom. The molecule has 0 aliphatic carbocycles. The van der Waals surface area contributed by atoms with Gasteiger partial charge in [0, 0.05) is 13.7 Å². The van der Waals surface area contributed by atoms with Crippen molar-refractivity contribution in [2.75, 3.05) is 32.1 Å². The quantitative estimate of drug-likeness (QED) is 0.736. The van der Waals surface area contributed by atoms with E-state index in [1.165, 1.54) is 0 Å². The summed E-state index contributed by atoms with van der Waals surface area (Å²) in [5.41, 5.74) is 0.772. The molecule has 2 N–H and O–H groups in total. The number of hydrogen-bond acceptors (Lipinski definition) is 4. The number of benzene rings is 2. The van der Waals surface area contributed by atoms with Crippen LogP contribution in [-0.2, 0) is 9.53 Å². The Bertz CT molecular complexity index is 587. The normalized spacial score (nSPS) is 10.0. The van der Waals surface area contributed by atoms with E-state index in [0.29, 0.717) is 18.9 Å². The van der Waals surface area contributed by atoms with Crippen LogP contribution in [0.5, 0.6) is 11.5 Å². The van der Waals surface area contributed by atoms with Crippen LogP contribution in [0.4, 0.5) is 5.69 Å². The van der Waals surface area contributed by atoms with Gasteiger partial charge in [-0.1, -0.05) is 30.3 Å². The number of carbonyl (C=O) groups excluding carboxylic acids is 1. The molecule has 0 spiro atoms. The molecule has 0 aliphatic heterocycles. The topological polar surface area (TPSA) is 59.6 Å². The Hall–Kier alpha value is -2.53. The molecule has 0 heterocycles. The van der Waals surface area contributed by atoms with Crippen molar-refractivity contribution in [1.82, 2.24) is 5.32 Å². The molecule has 0 aromatic heterocycles. The van der Waals surface area contributed by atoms with E-state index in [4.69, 9.17) is 9.47 Å². The molecule has 0 fully saturated rings. The molecule has 2 rings (SSSR count). The van der Waals surface area contributed by atoms with E-state index in [1.807, 2.05) is 54.6 Å². The van der Waals surface area contributed by atoms with Gasteiger partial charge in [0.15, 0.2) is 5.75 Å². The van der Waals surface area contributed by atoms with E-state index in [9.17, 15) is 4.79 Å². The minimum absolute atomic E-state index is 0.0911. The van der Waals surface area contributed by atoms with Gasteiger partial charge in [-0.05, 0) is 24.3 Å². The molecule has 22 heavy (non-hydrogen) atoms. The molecule has 0 saturated heterocycles. The number of rotatable bonds is 8. The maximum atomic E-state index is 11.7. The lowest BCUT2D eigenvalue weighted by Gasteiger charge is -2.13. The van der Waals surface area contributed by atoms with Gasteiger partial charge in [-0.25, -0.2) is 0 Å². The van der Waals surface area contributed by atoms with Crippen molar-refractivity contribution in [1.29, 1.82) is 0 Å². The summed E-state index contributed by atoms with van der Waals surface area (Å²) in [6.07, 6.45) is 0. The lowest BCUT2D eigenvalue weighted by Crippen LogP contribution is -2.32. The fourth-order valence-electron chi connectivity index (χ4n) is 1.85. The molecule has 5 nitrogen and oxygen atoms in total. The first kappa shape index (κ1) is 15.9. The smallest absolute Gasteiger partial charge is 0.239 e. The number of methoxy groups -OCH3 is 1. The zero-order chi connectivity index (χ0) is 15.6. The van der Waals surface area contributed by atoms with Crippen molar-refractivity contribution in [3.8, 4) is 11.5 Å². The van der Waals surface area contributed by atoms with Crippen molar-refractivity contribution < 1.29 is 14.3 Å². The minimum atomic E-state index is -0.0911. The molecule has 5 heteroatoms. The molecular formula is C17H20N2O3. The summed E-state index contributed by atoms with van der Waals surface area (Å²) in [7, 11) is 1.60. The molecule has 2 aromatic carbocycles. The molecule has 0 atom stereocenters. The van der Waals surface area contributed by atoms with Gasteiger partial charge in [0.05, 0.1) is 18.8 Å². The summed E-state index contributed by atoms with van der Waals surface area (Å²) in [4.78, 5) is 11.7. The first-order chi connectivity index (χ1) is 10.8. The summed E-state index contributed by atoms with van der Waals surface area (Å²) < 4.78 is 10.7. The van der Waals surface area contributed by atoms with Crippen LogP contribution in [0.25, 0.3) is 0 Å². The largest absolute Gasteiger partial charge is 0.455 e. The summed E-state index contributed by atoms with van der Waals surface area (Å²) in [5.74, 6) is 1.34. The van der Waals surface area contributed by atoms with E-state index in [-0.39, 0.29) is 12.5 Å². The molecule has 0 bridgehead atoms. The van der Waals surface area contributed by atoms with Crippen molar-refractivity contribution in [3.05, 3.63) is 54.6 Å². The van der Waals surface area contributed by atoms with Crippen LogP contribution in [0.2, 0.25) is 0 Å². The second kappa shape index (κ2) is 8.69. The zero-order valence-corrected chi connectivity index (χ0v) is 12.5. The summed E-state index contributed by atoms with van der Waals surface area (Å²) in [5, 5.41) is 5.84. The summed E-state index contributed by atoms with van der Waals surface area (Å²) in [6.45, 7) is 1.18. The first-order valence-electron chi connectivity index (χ1n) is 7.11. The summed E-state index contributed by atoms with van der Waals surface area (Å²) in [6, 6.07) is 17.0. The molecule has 2 aromatic rings. The van der Waals surface area contributed by atoms with Crippen molar-refractivity contribution in [3.63, 3.8) is 0 Å². The van der Waals surface area contributed by atoms with Crippen LogP contribution < -0.4 is 15.4 Å². The number of hydrogen-bond donors (Lipinski definition) is 2. The average Bonchev–Trinajstić information content (AvgIpc) is 2.55. The van der Waals surface area contributed by atoms with Gasteiger partial charge in [-0.15, -0.1) is 0 Å². The van der Waals surface area contributed by atoms with Crippen LogP contribution in [0.1, 0.15) is 0 Å². The van der Waals surface area contributed by atoms with E-state index in [2.05, 4.69) is 10.6 Å². The number of ether oxygens (including phenoxy) is 2. The highest BCUT2D eigenvalue weighted by atomic mass is 16.5. The Morgan fingerprint density at radius 1 is 1.05 bits per heavy atom. The van der Waals surface area contributed by atoms with Gasteiger partial charge in [-0.3, -0.25) is 4.79 Å². The standard InChI is InChI=1S/C17H20N2O3/c1-21-12-11-18-17(20)13-19-15-9-5-6-10-16(15)22-14-7-3-2-4-8-14/h2-10,19H,11-13H2,1H3,(H,18,20). The first-order valence-corrected chi connectivity index (χ1v) is 7.11. The monoisotopic (exact) mass is 300 g/mol. The third-order valence-corrected chi connectivity index (χ3v) is 2.93. The maximum absolute atomic E-state index is 11.7. The van der Waals surface area contributed by atoms with E-state index < -0.39 is 0 Å². The molecule has 0 radical (unpaired) electrons. The Labute approximate surface area is 130 Å². The zero-order valence-electron chi connectivity index (χ0n) is 12.5. The molecular weight excluding hydrogens is 280 g/mol. The fraction of sp³-hybridized carbons (Fsp3) is 0.235. The predicted octanol–water partition coefficient (Wildman–Crippen LogP) is 2.65. The van der Waals surface area contributed by atoms with Gasteiger partial charge >= 0.3 is 0 Å². The van der Waals surface area contributed by atoms with Gasteiger partial charge in [0.2, 0.25) is 5.91 Å². The highest BCUT2D eigenvalue weighted by Crippen LogP contribution is 2.28. The lowest BCUT2D eigenvalue weighted by atomic mass is 10.3. The van der Waals surface area contributed by atoms with Crippen LogP contribution in [0.15, 0.2) is 54.6 Å². The average molecular weight is 300 g/mol. The molecule has 116 valence electrons. The highest BCUT2D eigenvalue weighted by molar-refractivity contribution is 5.81. The molecule has 0 aliphatic rings. The second-order valence-electron chi connectivity index (χ2n) is 4.61. The van der Waals surface area contributed by atoms with Crippen molar-refractivity contribution in [2.45, 2.75) is 0 Å². The number of anilines is 1. The van der Waals surface area contributed by atoms with E-state index in [0.717, 1.165) is 11.4 Å². The number of nitrogens with one attached hydrogen (secondary N) is 2. The molecule has 0 saturated carbocycles. The van der Waals surface area contributed by atoms with Crippen molar-refractivity contribution in [2.24, 2.45) is 0 Å². The SMILES string of the molecule is COCCNC(=O)CNc1ccccc1Oc1ccccc1. The summed E-state index contributed by atoms with van der Waals surface area (Å²) >= 11 is 0. The van der Waals surface area contributed by atoms with E-state index in [1.54, 1.807) is 7.11 Å². The van der Waals surface area contributed by atoms with Crippen LogP contribution in [0, 0.1) is 0 Å². The number of para-hydroxylation sites is 3. The molecule has 1 amide bonds. The number of carbonyl (C=O) groups is 1. The number of amides is 1. The predicted molar refractivity (Wildman–Crippen MR) is 86.3 cm³/mol. The third-order valence-electron chi connectivity index (χ3n) is 2.93. The van der Waals surface area contributed by atoms with Crippen molar-refractivity contribution >= 4 is 11.6 Å². The Morgan fingerprint density at radius 2 is 1.77 bits per heavy atom. The van der Waals surface area contributed by atoms with Crippen LogP contribution in [0.3, 0.4) is 0 Å². The highest BCUT2D eigenvalue weighted by Gasteiger charge is 2.06. The Balaban J connectivity index is 1.92. The van der Waals surface area contributed by atoms with Crippen LogP contribution >= 0.6 is 0 Å². The maximum Gasteiger partial charge on any atom is 0.239 e. The third kappa shape index (κ3) is 5.10. The van der Waals surface area contributed by atoms with Gasteiger partial charge in [0.25, 0.3) is 0 Å². The van der Waals surface area contributed by atoms with Crippen LogP contribution in [-0.4, -0.2) is 32.7 Å². The van der Waals surface area contributed by atoms with Gasteiger partial charge < -0.3 is 20.1 Å². The Kier molecular flexibility index (Phi) is 6.26.